The maximum Gasteiger partial charge on any atom is 0.411 e. The molecule has 4 aliphatic rings. The smallest absolute Gasteiger partial charge is 0.411 e. The lowest BCUT2D eigenvalue weighted by atomic mass is 9.94. The van der Waals surface area contributed by atoms with E-state index in [1.54, 1.807) is 0 Å². The highest BCUT2D eigenvalue weighted by Gasteiger charge is 2.39. The van der Waals surface area contributed by atoms with Crippen LogP contribution in [0.25, 0.3) is 22.3 Å². The SMILES string of the molecule is C/C=C1\C[C@@H](C2=NC=C(c3ccc(-c4ccc(C5=CN=C([C@@H]6CCCN6C(=O)OC(C)(C)C)C5)cc4)cc3)C2)N(C(=O)OC(C)(C)C)C1. The van der Waals surface area contributed by atoms with E-state index in [2.05, 4.69) is 54.6 Å². The number of aliphatic imine (C=N–C) groups is 2. The Morgan fingerprint density at radius 3 is 1.65 bits per heavy atom. The third kappa shape index (κ3) is 7.48. The second-order valence-corrected chi connectivity index (χ2v) is 15.2. The highest BCUT2D eigenvalue weighted by molar-refractivity contribution is 6.04. The standard InChI is InChI=1S/C40H48N4O4/c1-8-26-20-36(44(25-26)38(46)48-40(5,6)7)34-22-32(24-42-34)30-17-13-28(14-18-30)27-11-15-29(16-12-27)31-21-33(41-23-31)35-10-9-19-43(35)37(45)47-39(2,3)4/h8,11-18,23-24,35-36H,9-10,19-22,25H2,1-7H3/b26-8+/t35-,36-/m0/s1. The van der Waals surface area contributed by atoms with E-state index in [1.807, 2.05) is 70.7 Å². The maximum atomic E-state index is 13.0. The third-order valence-electron chi connectivity index (χ3n) is 9.25. The molecule has 0 saturated carbocycles. The van der Waals surface area contributed by atoms with Gasteiger partial charge in [-0.2, -0.15) is 0 Å². The molecule has 0 bridgehead atoms. The van der Waals surface area contributed by atoms with Gasteiger partial charge in [0, 0.05) is 49.8 Å². The van der Waals surface area contributed by atoms with Gasteiger partial charge in [-0.1, -0.05) is 60.2 Å². The number of benzene rings is 2. The largest absolute Gasteiger partial charge is 0.444 e. The number of allylic oxidation sites excluding steroid dienone is 3. The fraction of sp³-hybridized carbons (Fsp3) is 0.450. The first kappa shape index (κ1) is 33.4. The van der Waals surface area contributed by atoms with E-state index >= 15 is 0 Å². The van der Waals surface area contributed by atoms with E-state index in [0.29, 0.717) is 19.5 Å². The molecule has 2 saturated heterocycles. The number of nitrogens with zero attached hydrogens (tertiary/aromatic N) is 4. The van der Waals surface area contributed by atoms with Crippen molar-refractivity contribution in [3.8, 4) is 11.1 Å². The molecular formula is C40H48N4O4. The van der Waals surface area contributed by atoms with Crippen molar-refractivity contribution in [3.05, 3.63) is 83.7 Å². The summed E-state index contributed by atoms with van der Waals surface area (Å²) in [7, 11) is 0. The van der Waals surface area contributed by atoms with Gasteiger partial charge in [-0.15, -0.1) is 0 Å². The lowest BCUT2D eigenvalue weighted by molar-refractivity contribution is 0.0256. The number of rotatable bonds is 5. The van der Waals surface area contributed by atoms with Gasteiger partial charge in [-0.25, -0.2) is 9.59 Å². The molecule has 2 amide bonds. The number of hydrogen-bond donors (Lipinski definition) is 0. The molecule has 8 heteroatoms. The first-order valence-corrected chi connectivity index (χ1v) is 17.1. The molecule has 2 fully saturated rings. The fourth-order valence-corrected chi connectivity index (χ4v) is 6.83. The molecule has 6 rings (SSSR count). The van der Waals surface area contributed by atoms with E-state index in [0.717, 1.165) is 64.9 Å². The summed E-state index contributed by atoms with van der Waals surface area (Å²) in [6, 6.07) is 17.2. The molecule has 252 valence electrons. The van der Waals surface area contributed by atoms with E-state index in [9.17, 15) is 9.59 Å². The van der Waals surface area contributed by atoms with Gasteiger partial charge in [-0.3, -0.25) is 19.8 Å². The molecule has 8 nitrogen and oxygen atoms in total. The Balaban J connectivity index is 1.05. The van der Waals surface area contributed by atoms with Gasteiger partial charge in [0.1, 0.15) is 11.2 Å². The maximum absolute atomic E-state index is 13.0. The zero-order valence-electron chi connectivity index (χ0n) is 29.4. The zero-order valence-corrected chi connectivity index (χ0v) is 29.4. The van der Waals surface area contributed by atoms with Gasteiger partial charge in [-0.05, 0) is 101 Å². The Hall–Kier alpha value is -4.46. The Bertz CT molecular complexity index is 1720. The van der Waals surface area contributed by atoms with Crippen molar-refractivity contribution >= 4 is 34.8 Å². The van der Waals surface area contributed by atoms with Crippen LogP contribution in [0.2, 0.25) is 0 Å². The highest BCUT2D eigenvalue weighted by Crippen LogP contribution is 2.35. The van der Waals surface area contributed by atoms with Crippen LogP contribution in [0.3, 0.4) is 0 Å². The van der Waals surface area contributed by atoms with Crippen LogP contribution in [0.4, 0.5) is 9.59 Å². The van der Waals surface area contributed by atoms with Crippen LogP contribution in [-0.4, -0.2) is 69.8 Å². The summed E-state index contributed by atoms with van der Waals surface area (Å²) in [5.74, 6) is 0. The minimum atomic E-state index is -0.545. The third-order valence-corrected chi connectivity index (χ3v) is 9.25. The van der Waals surface area contributed by atoms with Crippen molar-refractivity contribution in [2.45, 2.75) is 104 Å². The number of hydrogen-bond acceptors (Lipinski definition) is 6. The van der Waals surface area contributed by atoms with Crippen molar-refractivity contribution in [1.29, 1.82) is 0 Å². The minimum Gasteiger partial charge on any atom is -0.444 e. The average molecular weight is 649 g/mol. The van der Waals surface area contributed by atoms with Crippen molar-refractivity contribution < 1.29 is 19.1 Å². The predicted octanol–water partition coefficient (Wildman–Crippen LogP) is 9.08. The molecule has 2 atom stereocenters. The van der Waals surface area contributed by atoms with Gasteiger partial charge >= 0.3 is 12.2 Å². The Kier molecular flexibility index (Phi) is 9.20. The normalized spacial score (nSPS) is 22.1. The lowest BCUT2D eigenvalue weighted by Gasteiger charge is -2.28. The topological polar surface area (TPSA) is 83.8 Å². The highest BCUT2D eigenvalue weighted by atomic mass is 16.6. The lowest BCUT2D eigenvalue weighted by Crippen LogP contribution is -2.43. The van der Waals surface area contributed by atoms with Crippen LogP contribution in [0.5, 0.6) is 0 Å². The zero-order chi connectivity index (χ0) is 34.2. The van der Waals surface area contributed by atoms with Crippen LogP contribution in [0.1, 0.15) is 91.7 Å². The molecule has 2 aromatic rings. The van der Waals surface area contributed by atoms with Crippen LogP contribution < -0.4 is 0 Å². The minimum absolute atomic E-state index is 0.00410. The van der Waals surface area contributed by atoms with Crippen LogP contribution in [0.15, 0.2) is 82.6 Å². The van der Waals surface area contributed by atoms with E-state index < -0.39 is 11.2 Å². The fourth-order valence-electron chi connectivity index (χ4n) is 6.83. The Labute approximate surface area is 284 Å². The first-order chi connectivity index (χ1) is 22.8. The van der Waals surface area contributed by atoms with E-state index in [1.165, 1.54) is 11.1 Å². The van der Waals surface area contributed by atoms with Crippen molar-refractivity contribution in [2.75, 3.05) is 13.1 Å². The molecule has 0 aromatic heterocycles. The Morgan fingerprint density at radius 2 is 1.17 bits per heavy atom. The number of likely N-dealkylation sites (tertiary alicyclic amines) is 2. The van der Waals surface area contributed by atoms with E-state index in [4.69, 9.17) is 19.5 Å². The monoisotopic (exact) mass is 648 g/mol. The van der Waals surface area contributed by atoms with Crippen LogP contribution in [0, 0.1) is 0 Å². The number of amides is 2. The van der Waals surface area contributed by atoms with Crippen LogP contribution in [-0.2, 0) is 9.47 Å². The second kappa shape index (κ2) is 13.2. The number of carbonyl (C=O) groups is 2. The molecule has 4 heterocycles. The molecule has 0 N–H and O–H groups in total. The first-order valence-electron chi connectivity index (χ1n) is 17.1. The summed E-state index contributed by atoms with van der Waals surface area (Å²) in [6.45, 7) is 14.7. The van der Waals surface area contributed by atoms with E-state index in [-0.39, 0.29) is 24.3 Å². The summed E-state index contributed by atoms with van der Waals surface area (Å²) >= 11 is 0. The van der Waals surface area contributed by atoms with Gasteiger partial charge in [0.25, 0.3) is 0 Å². The summed E-state index contributed by atoms with van der Waals surface area (Å²) < 4.78 is 11.4. The van der Waals surface area contributed by atoms with Gasteiger partial charge in [0.05, 0.1) is 12.1 Å². The summed E-state index contributed by atoms with van der Waals surface area (Å²) in [5.41, 5.74) is 9.10. The molecule has 2 aromatic carbocycles. The van der Waals surface area contributed by atoms with Gasteiger partial charge < -0.3 is 9.47 Å². The number of ether oxygens (including phenoxy) is 2. The Morgan fingerprint density at radius 1 is 0.708 bits per heavy atom. The molecule has 0 radical (unpaired) electrons. The number of carbonyl (C=O) groups excluding carboxylic acids is 2. The molecule has 0 spiro atoms. The summed E-state index contributed by atoms with van der Waals surface area (Å²) in [5, 5.41) is 0. The van der Waals surface area contributed by atoms with Crippen molar-refractivity contribution in [3.63, 3.8) is 0 Å². The molecule has 0 aliphatic carbocycles. The molecule has 4 aliphatic heterocycles. The quantitative estimate of drug-likeness (QED) is 0.303. The summed E-state index contributed by atoms with van der Waals surface area (Å²) in [4.78, 5) is 39.1. The summed E-state index contributed by atoms with van der Waals surface area (Å²) in [6.07, 6.45) is 9.58. The van der Waals surface area contributed by atoms with Crippen molar-refractivity contribution in [2.24, 2.45) is 9.98 Å². The molecule has 48 heavy (non-hydrogen) atoms. The van der Waals surface area contributed by atoms with Crippen molar-refractivity contribution in [1.82, 2.24) is 9.80 Å². The molecular weight excluding hydrogens is 600 g/mol. The average Bonchev–Trinajstić information content (AvgIpc) is 3.85. The predicted molar refractivity (Wildman–Crippen MR) is 193 cm³/mol. The molecule has 0 unspecified atom stereocenters. The van der Waals surface area contributed by atoms with Crippen LogP contribution >= 0.6 is 0 Å². The van der Waals surface area contributed by atoms with Gasteiger partial charge in [0.2, 0.25) is 0 Å². The van der Waals surface area contributed by atoms with Gasteiger partial charge in [0.15, 0.2) is 0 Å². The second-order valence-electron chi connectivity index (χ2n) is 15.2.